The number of piperidine rings is 1. The van der Waals surface area contributed by atoms with Gasteiger partial charge in [0, 0.05) is 26.6 Å². The molecule has 1 aromatic carbocycles. The molecular weight excluding hydrogens is 294 g/mol. The molecule has 1 N–H and O–H groups in total. The fraction of sp³-hybridized carbons (Fsp3) is 0.500. The number of nitrogens with one attached hydrogen (secondary N) is 1. The molecule has 2 aromatic rings. The van der Waals surface area contributed by atoms with Crippen LogP contribution in [0.1, 0.15) is 19.8 Å². The Hall–Kier alpha value is -2.44. The SMILES string of the molecule is CC(=O)NCC1CCN(C(=O)Cn2nnc3ccccc32)CC1. The molecule has 2 heterocycles. The number of carbonyl (C=O) groups excluding carboxylic acids is 2. The van der Waals surface area contributed by atoms with Gasteiger partial charge in [0.2, 0.25) is 11.8 Å². The average Bonchev–Trinajstić information content (AvgIpc) is 2.96. The lowest BCUT2D eigenvalue weighted by molar-refractivity contribution is -0.133. The molecule has 7 nitrogen and oxygen atoms in total. The molecular formula is C16H21N5O2. The van der Waals surface area contributed by atoms with E-state index in [2.05, 4.69) is 15.6 Å². The topological polar surface area (TPSA) is 80.1 Å². The molecule has 0 aliphatic carbocycles. The number of benzene rings is 1. The highest BCUT2D eigenvalue weighted by molar-refractivity contribution is 5.79. The number of rotatable bonds is 4. The summed E-state index contributed by atoms with van der Waals surface area (Å²) in [5, 5.41) is 11.0. The highest BCUT2D eigenvalue weighted by Gasteiger charge is 2.23. The zero-order valence-corrected chi connectivity index (χ0v) is 13.2. The van der Waals surface area contributed by atoms with Gasteiger partial charge in [0.1, 0.15) is 12.1 Å². The summed E-state index contributed by atoms with van der Waals surface area (Å²) in [6, 6.07) is 7.63. The lowest BCUT2D eigenvalue weighted by Crippen LogP contribution is -2.42. The zero-order chi connectivity index (χ0) is 16.2. The van der Waals surface area contributed by atoms with Crippen LogP contribution in [0.25, 0.3) is 11.0 Å². The Morgan fingerprint density at radius 1 is 1.26 bits per heavy atom. The maximum Gasteiger partial charge on any atom is 0.244 e. The van der Waals surface area contributed by atoms with E-state index in [9.17, 15) is 9.59 Å². The Labute approximate surface area is 134 Å². The van der Waals surface area contributed by atoms with Crippen molar-refractivity contribution in [2.75, 3.05) is 19.6 Å². The first-order chi connectivity index (χ1) is 11.1. The lowest BCUT2D eigenvalue weighted by atomic mass is 9.97. The third kappa shape index (κ3) is 3.67. The van der Waals surface area contributed by atoms with E-state index in [-0.39, 0.29) is 18.4 Å². The number of fused-ring (bicyclic) bond motifs is 1. The van der Waals surface area contributed by atoms with E-state index >= 15 is 0 Å². The van der Waals surface area contributed by atoms with E-state index in [4.69, 9.17) is 0 Å². The first-order valence-corrected chi connectivity index (χ1v) is 7.94. The van der Waals surface area contributed by atoms with Gasteiger partial charge in [0.25, 0.3) is 0 Å². The van der Waals surface area contributed by atoms with Crippen LogP contribution in [0.4, 0.5) is 0 Å². The van der Waals surface area contributed by atoms with Gasteiger partial charge in [-0.3, -0.25) is 9.59 Å². The largest absolute Gasteiger partial charge is 0.356 e. The monoisotopic (exact) mass is 315 g/mol. The molecule has 1 aliphatic heterocycles. The van der Waals surface area contributed by atoms with Crippen molar-refractivity contribution in [2.24, 2.45) is 5.92 Å². The maximum absolute atomic E-state index is 12.4. The maximum atomic E-state index is 12.4. The first-order valence-electron chi connectivity index (χ1n) is 7.94. The van der Waals surface area contributed by atoms with Crippen LogP contribution in [0.15, 0.2) is 24.3 Å². The van der Waals surface area contributed by atoms with Gasteiger partial charge in [-0.2, -0.15) is 0 Å². The van der Waals surface area contributed by atoms with Crippen molar-refractivity contribution in [1.82, 2.24) is 25.2 Å². The van der Waals surface area contributed by atoms with Crippen molar-refractivity contribution >= 4 is 22.8 Å². The van der Waals surface area contributed by atoms with Crippen molar-refractivity contribution in [1.29, 1.82) is 0 Å². The van der Waals surface area contributed by atoms with Gasteiger partial charge in [-0.1, -0.05) is 17.3 Å². The molecule has 0 radical (unpaired) electrons. The van der Waals surface area contributed by atoms with Gasteiger partial charge in [-0.05, 0) is 30.9 Å². The van der Waals surface area contributed by atoms with E-state index < -0.39 is 0 Å². The predicted octanol–water partition coefficient (Wildman–Crippen LogP) is 0.806. The highest BCUT2D eigenvalue weighted by Crippen LogP contribution is 2.17. The Morgan fingerprint density at radius 2 is 2.00 bits per heavy atom. The normalized spacial score (nSPS) is 15.8. The van der Waals surface area contributed by atoms with E-state index in [0.717, 1.165) is 37.0 Å². The number of nitrogens with zero attached hydrogens (tertiary/aromatic N) is 4. The van der Waals surface area contributed by atoms with Crippen molar-refractivity contribution in [3.05, 3.63) is 24.3 Å². The third-order valence-electron chi connectivity index (χ3n) is 4.31. The number of aromatic nitrogens is 3. The van der Waals surface area contributed by atoms with E-state index in [1.807, 2.05) is 29.2 Å². The summed E-state index contributed by atoms with van der Waals surface area (Å²) in [6.45, 7) is 3.91. The average molecular weight is 315 g/mol. The number of hydrogen-bond acceptors (Lipinski definition) is 4. The molecule has 0 unspecified atom stereocenters. The van der Waals surface area contributed by atoms with Crippen LogP contribution < -0.4 is 5.32 Å². The van der Waals surface area contributed by atoms with Crippen LogP contribution in [0.2, 0.25) is 0 Å². The molecule has 1 fully saturated rings. The second kappa shape index (κ2) is 6.76. The van der Waals surface area contributed by atoms with Gasteiger partial charge in [0.15, 0.2) is 0 Å². The summed E-state index contributed by atoms with van der Waals surface area (Å²) in [4.78, 5) is 25.3. The summed E-state index contributed by atoms with van der Waals surface area (Å²) in [5.74, 6) is 0.523. The van der Waals surface area contributed by atoms with Crippen molar-refractivity contribution in [3.8, 4) is 0 Å². The molecule has 0 atom stereocenters. The molecule has 122 valence electrons. The van der Waals surface area contributed by atoms with Crippen LogP contribution in [-0.4, -0.2) is 51.3 Å². The van der Waals surface area contributed by atoms with E-state index in [0.29, 0.717) is 12.5 Å². The number of amides is 2. The molecule has 1 aliphatic rings. The van der Waals surface area contributed by atoms with Crippen LogP contribution in [0.5, 0.6) is 0 Å². The minimum atomic E-state index is 0.00145. The standard InChI is InChI=1S/C16H21N5O2/c1-12(22)17-10-13-6-8-20(9-7-13)16(23)11-21-15-5-3-2-4-14(15)18-19-21/h2-5,13H,6-11H2,1H3,(H,17,22). The Balaban J connectivity index is 1.54. The predicted molar refractivity (Wildman–Crippen MR) is 85.5 cm³/mol. The quantitative estimate of drug-likeness (QED) is 0.905. The third-order valence-corrected chi connectivity index (χ3v) is 4.31. The van der Waals surface area contributed by atoms with Crippen LogP contribution in [0, 0.1) is 5.92 Å². The molecule has 0 bridgehead atoms. The van der Waals surface area contributed by atoms with Crippen LogP contribution >= 0.6 is 0 Å². The van der Waals surface area contributed by atoms with E-state index in [1.54, 1.807) is 4.68 Å². The Bertz CT molecular complexity index is 703. The summed E-state index contributed by atoms with van der Waals surface area (Å²) < 4.78 is 1.65. The molecule has 7 heteroatoms. The number of carbonyl (C=O) groups is 2. The van der Waals surface area contributed by atoms with Crippen molar-refractivity contribution in [3.63, 3.8) is 0 Å². The molecule has 23 heavy (non-hydrogen) atoms. The minimum Gasteiger partial charge on any atom is -0.356 e. The molecule has 3 rings (SSSR count). The number of hydrogen-bond donors (Lipinski definition) is 1. The molecule has 0 spiro atoms. The second-order valence-corrected chi connectivity index (χ2v) is 6.00. The lowest BCUT2D eigenvalue weighted by Gasteiger charge is -2.32. The second-order valence-electron chi connectivity index (χ2n) is 6.00. The van der Waals surface area contributed by atoms with Crippen LogP contribution in [0.3, 0.4) is 0 Å². The van der Waals surface area contributed by atoms with Gasteiger partial charge in [-0.15, -0.1) is 5.10 Å². The van der Waals surface area contributed by atoms with Crippen molar-refractivity contribution < 1.29 is 9.59 Å². The first kappa shape index (κ1) is 15.5. The summed E-state index contributed by atoms with van der Waals surface area (Å²) >= 11 is 0. The van der Waals surface area contributed by atoms with Gasteiger partial charge < -0.3 is 10.2 Å². The highest BCUT2D eigenvalue weighted by atomic mass is 16.2. The summed E-state index contributed by atoms with van der Waals surface area (Å²) in [7, 11) is 0. The summed E-state index contributed by atoms with van der Waals surface area (Å²) in [5.41, 5.74) is 1.68. The van der Waals surface area contributed by atoms with Gasteiger partial charge in [-0.25, -0.2) is 4.68 Å². The molecule has 1 saturated heterocycles. The van der Waals surface area contributed by atoms with Crippen LogP contribution in [-0.2, 0) is 16.1 Å². The number of para-hydroxylation sites is 1. The zero-order valence-electron chi connectivity index (χ0n) is 13.2. The molecule has 1 aromatic heterocycles. The fourth-order valence-electron chi connectivity index (χ4n) is 2.94. The van der Waals surface area contributed by atoms with Crippen molar-refractivity contribution in [2.45, 2.75) is 26.3 Å². The fourth-order valence-corrected chi connectivity index (χ4v) is 2.94. The van der Waals surface area contributed by atoms with Gasteiger partial charge in [0.05, 0.1) is 5.52 Å². The molecule has 0 saturated carbocycles. The summed E-state index contributed by atoms with van der Waals surface area (Å²) in [6.07, 6.45) is 1.84. The Morgan fingerprint density at radius 3 is 2.74 bits per heavy atom. The minimum absolute atomic E-state index is 0.00145. The van der Waals surface area contributed by atoms with E-state index in [1.165, 1.54) is 6.92 Å². The Kier molecular flexibility index (Phi) is 4.55. The van der Waals surface area contributed by atoms with Gasteiger partial charge >= 0.3 is 0 Å². The number of likely N-dealkylation sites (tertiary alicyclic amines) is 1. The smallest absolute Gasteiger partial charge is 0.244 e. The molecule has 2 amide bonds.